The first kappa shape index (κ1) is 13.6. The predicted octanol–water partition coefficient (Wildman–Crippen LogP) is 4.07. The number of ether oxygens (including phenoxy) is 1. The summed E-state index contributed by atoms with van der Waals surface area (Å²) in [5, 5.41) is 0. The molecule has 0 saturated carbocycles. The molecular weight excluding hydrogens is 254 g/mol. The Morgan fingerprint density at radius 2 is 1.53 bits per heavy atom. The van der Waals surface area contributed by atoms with Crippen molar-refractivity contribution in [3.63, 3.8) is 0 Å². The number of hydrogen-bond donors (Lipinski definition) is 1. The molecule has 0 saturated heterocycles. The van der Waals surface area contributed by atoms with Crippen LogP contribution in [0, 0.1) is 0 Å². The number of rotatable bonds is 5. The van der Waals surface area contributed by atoms with Gasteiger partial charge in [-0.15, -0.1) is 0 Å². The van der Waals surface area contributed by atoms with Crippen LogP contribution < -0.4 is 10.5 Å². The Balaban J connectivity index is 2.06. The van der Waals surface area contributed by atoms with E-state index >= 15 is 0 Å². The van der Waals surface area contributed by atoms with Crippen molar-refractivity contribution in [3.8, 4) is 11.5 Å². The molecule has 0 bridgehead atoms. The van der Waals surface area contributed by atoms with Gasteiger partial charge < -0.3 is 10.5 Å². The van der Waals surface area contributed by atoms with E-state index in [4.69, 9.17) is 22.7 Å². The van der Waals surface area contributed by atoms with Gasteiger partial charge in [-0.25, -0.2) is 0 Å². The van der Waals surface area contributed by atoms with Gasteiger partial charge in [0.05, 0.1) is 0 Å². The average Bonchev–Trinajstić information content (AvgIpc) is 2.42. The Kier molecular flexibility index (Phi) is 4.53. The zero-order valence-electron chi connectivity index (χ0n) is 10.9. The van der Waals surface area contributed by atoms with Gasteiger partial charge in [0.2, 0.25) is 0 Å². The summed E-state index contributed by atoms with van der Waals surface area (Å²) in [5.74, 6) is 1.62. The topological polar surface area (TPSA) is 35.2 Å². The Hall–Kier alpha value is -1.87. The molecule has 0 atom stereocenters. The van der Waals surface area contributed by atoms with Gasteiger partial charge in [-0.05, 0) is 48.4 Å². The van der Waals surface area contributed by atoms with Crippen molar-refractivity contribution in [2.75, 3.05) is 0 Å². The molecule has 2 aromatic rings. The molecule has 0 aliphatic carbocycles. The minimum Gasteiger partial charge on any atom is -0.457 e. The maximum atomic E-state index is 5.76. The molecule has 0 spiro atoms. The zero-order valence-corrected chi connectivity index (χ0v) is 11.7. The van der Waals surface area contributed by atoms with Crippen molar-refractivity contribution < 1.29 is 4.74 Å². The van der Waals surface area contributed by atoms with E-state index in [1.807, 2.05) is 36.4 Å². The standard InChI is InChI=1S/C16H17NOS/c1-2-3-12-4-8-14(9-5-12)18-15-10-6-13(7-11-15)16(17)19/h4-11H,2-3H2,1H3,(H2,17,19). The third-order valence-corrected chi connectivity index (χ3v) is 3.07. The molecule has 0 aromatic heterocycles. The Bertz CT molecular complexity index is 546. The minimum atomic E-state index is 0.399. The van der Waals surface area contributed by atoms with Gasteiger partial charge in [-0.3, -0.25) is 0 Å². The largest absolute Gasteiger partial charge is 0.457 e. The molecule has 0 radical (unpaired) electrons. The van der Waals surface area contributed by atoms with Crippen molar-refractivity contribution in [2.45, 2.75) is 19.8 Å². The van der Waals surface area contributed by atoms with E-state index in [-0.39, 0.29) is 0 Å². The summed E-state index contributed by atoms with van der Waals surface area (Å²) in [7, 11) is 0. The van der Waals surface area contributed by atoms with Crippen LogP contribution in [0.15, 0.2) is 48.5 Å². The maximum Gasteiger partial charge on any atom is 0.127 e. The van der Waals surface area contributed by atoms with E-state index < -0.39 is 0 Å². The lowest BCUT2D eigenvalue weighted by atomic mass is 10.1. The van der Waals surface area contributed by atoms with Crippen LogP contribution in [0.4, 0.5) is 0 Å². The molecule has 98 valence electrons. The molecule has 2 nitrogen and oxygen atoms in total. The number of thiocarbonyl (C=S) groups is 1. The van der Waals surface area contributed by atoms with E-state index in [2.05, 4.69) is 19.1 Å². The highest BCUT2D eigenvalue weighted by Gasteiger charge is 2.00. The zero-order chi connectivity index (χ0) is 13.7. The van der Waals surface area contributed by atoms with Crippen molar-refractivity contribution in [1.29, 1.82) is 0 Å². The first-order valence-corrected chi connectivity index (χ1v) is 6.76. The molecule has 2 rings (SSSR count). The summed E-state index contributed by atoms with van der Waals surface area (Å²) in [6.45, 7) is 2.17. The highest BCUT2D eigenvalue weighted by molar-refractivity contribution is 7.80. The Labute approximate surface area is 119 Å². The number of benzene rings is 2. The van der Waals surface area contributed by atoms with Crippen LogP contribution in [-0.2, 0) is 6.42 Å². The van der Waals surface area contributed by atoms with E-state index in [0.717, 1.165) is 29.9 Å². The van der Waals surface area contributed by atoms with Crippen molar-refractivity contribution in [1.82, 2.24) is 0 Å². The molecule has 0 fully saturated rings. The first-order valence-electron chi connectivity index (χ1n) is 6.35. The molecule has 2 N–H and O–H groups in total. The lowest BCUT2D eigenvalue weighted by molar-refractivity contribution is 0.482. The summed E-state index contributed by atoms with van der Waals surface area (Å²) < 4.78 is 5.76. The van der Waals surface area contributed by atoms with E-state index in [9.17, 15) is 0 Å². The molecular formula is C16H17NOS. The lowest BCUT2D eigenvalue weighted by Gasteiger charge is -2.07. The molecule has 3 heteroatoms. The fourth-order valence-electron chi connectivity index (χ4n) is 1.84. The summed E-state index contributed by atoms with van der Waals surface area (Å²) in [6, 6.07) is 15.7. The van der Waals surface area contributed by atoms with Crippen LogP contribution in [0.1, 0.15) is 24.5 Å². The van der Waals surface area contributed by atoms with Gasteiger partial charge in [0, 0.05) is 5.56 Å². The number of aryl methyl sites for hydroxylation is 1. The second-order valence-electron chi connectivity index (χ2n) is 4.38. The minimum absolute atomic E-state index is 0.399. The predicted molar refractivity (Wildman–Crippen MR) is 82.8 cm³/mol. The van der Waals surface area contributed by atoms with Crippen LogP contribution >= 0.6 is 12.2 Å². The molecule has 0 aliphatic rings. The van der Waals surface area contributed by atoms with E-state index in [1.54, 1.807) is 0 Å². The third kappa shape index (κ3) is 3.80. The summed E-state index contributed by atoms with van der Waals surface area (Å²) in [5.41, 5.74) is 7.73. The van der Waals surface area contributed by atoms with Gasteiger partial charge in [-0.2, -0.15) is 0 Å². The van der Waals surface area contributed by atoms with E-state index in [0.29, 0.717) is 4.99 Å². The number of hydrogen-bond acceptors (Lipinski definition) is 2. The first-order chi connectivity index (χ1) is 9.19. The SMILES string of the molecule is CCCc1ccc(Oc2ccc(C(N)=S)cc2)cc1. The van der Waals surface area contributed by atoms with Crippen LogP contribution in [0.2, 0.25) is 0 Å². The van der Waals surface area contributed by atoms with Gasteiger partial charge >= 0.3 is 0 Å². The Morgan fingerprint density at radius 3 is 2.00 bits per heavy atom. The molecule has 0 amide bonds. The highest BCUT2D eigenvalue weighted by Crippen LogP contribution is 2.22. The third-order valence-electron chi connectivity index (χ3n) is 2.84. The molecule has 2 aromatic carbocycles. The second kappa shape index (κ2) is 6.34. The maximum absolute atomic E-state index is 5.76. The number of nitrogens with two attached hydrogens (primary N) is 1. The normalized spacial score (nSPS) is 10.2. The Morgan fingerprint density at radius 1 is 1.00 bits per heavy atom. The molecule has 0 aliphatic heterocycles. The molecule has 19 heavy (non-hydrogen) atoms. The van der Waals surface area contributed by atoms with Gasteiger partial charge in [0.25, 0.3) is 0 Å². The summed E-state index contributed by atoms with van der Waals surface area (Å²) >= 11 is 4.91. The average molecular weight is 271 g/mol. The van der Waals surface area contributed by atoms with Gasteiger partial charge in [0.15, 0.2) is 0 Å². The molecule has 0 heterocycles. The van der Waals surface area contributed by atoms with Crippen LogP contribution in [-0.4, -0.2) is 4.99 Å². The van der Waals surface area contributed by atoms with Gasteiger partial charge in [-0.1, -0.05) is 37.7 Å². The van der Waals surface area contributed by atoms with Crippen LogP contribution in [0.25, 0.3) is 0 Å². The lowest BCUT2D eigenvalue weighted by Crippen LogP contribution is -2.08. The second-order valence-corrected chi connectivity index (χ2v) is 4.82. The fraction of sp³-hybridized carbons (Fsp3) is 0.188. The van der Waals surface area contributed by atoms with Crippen molar-refractivity contribution in [3.05, 3.63) is 59.7 Å². The van der Waals surface area contributed by atoms with Crippen molar-refractivity contribution in [2.24, 2.45) is 5.73 Å². The van der Waals surface area contributed by atoms with Crippen molar-refractivity contribution >= 4 is 17.2 Å². The fourth-order valence-corrected chi connectivity index (χ4v) is 1.97. The van der Waals surface area contributed by atoms with Crippen LogP contribution in [0.5, 0.6) is 11.5 Å². The quantitative estimate of drug-likeness (QED) is 0.833. The van der Waals surface area contributed by atoms with Gasteiger partial charge in [0.1, 0.15) is 16.5 Å². The smallest absolute Gasteiger partial charge is 0.127 e. The highest BCUT2D eigenvalue weighted by atomic mass is 32.1. The summed E-state index contributed by atoms with van der Waals surface area (Å²) in [4.78, 5) is 0.399. The summed E-state index contributed by atoms with van der Waals surface area (Å²) in [6.07, 6.45) is 2.25. The van der Waals surface area contributed by atoms with E-state index in [1.165, 1.54) is 5.56 Å². The monoisotopic (exact) mass is 271 g/mol. The molecule has 0 unspecified atom stereocenters. The van der Waals surface area contributed by atoms with Crippen LogP contribution in [0.3, 0.4) is 0 Å².